The molecule has 0 fully saturated rings. The molecular formula is C11H12O3S. The molecule has 2 N–H and O–H groups in total. The van der Waals surface area contributed by atoms with Crippen LogP contribution in [0.5, 0.6) is 0 Å². The maximum atomic E-state index is 11.0. The summed E-state index contributed by atoms with van der Waals surface area (Å²) < 4.78 is 0. The topological polar surface area (TPSA) is 57.5 Å². The van der Waals surface area contributed by atoms with E-state index in [0.29, 0.717) is 5.56 Å². The van der Waals surface area contributed by atoms with E-state index in [1.54, 1.807) is 26.0 Å². The second kappa shape index (κ2) is 4.40. The van der Waals surface area contributed by atoms with Crippen LogP contribution in [0.2, 0.25) is 0 Å². The second-order valence-electron chi connectivity index (χ2n) is 3.41. The second-order valence-corrected chi connectivity index (χ2v) is 3.83. The van der Waals surface area contributed by atoms with Crippen LogP contribution in [0.25, 0.3) is 0 Å². The van der Waals surface area contributed by atoms with E-state index in [1.165, 1.54) is 0 Å². The number of benzene rings is 1. The van der Waals surface area contributed by atoms with E-state index in [2.05, 4.69) is 12.2 Å². The minimum atomic E-state index is -1.13. The molecule has 0 amide bonds. The molecule has 0 saturated carbocycles. The van der Waals surface area contributed by atoms with Gasteiger partial charge in [-0.3, -0.25) is 4.79 Å². The van der Waals surface area contributed by atoms with Gasteiger partial charge in [-0.05, 0) is 42.8 Å². The third kappa shape index (κ3) is 2.33. The monoisotopic (exact) mass is 224 g/mol. The number of carboxylic acids is 1. The molecule has 0 spiro atoms. The van der Waals surface area contributed by atoms with E-state index >= 15 is 0 Å². The average molecular weight is 224 g/mol. The Morgan fingerprint density at radius 1 is 1.27 bits per heavy atom. The summed E-state index contributed by atoms with van der Waals surface area (Å²) in [6.45, 7) is 3.60. The highest BCUT2D eigenvalue weighted by molar-refractivity contribution is 7.80. The van der Waals surface area contributed by atoms with Gasteiger partial charge in [-0.2, -0.15) is 0 Å². The van der Waals surface area contributed by atoms with Crippen LogP contribution in [0.15, 0.2) is 18.2 Å². The molecule has 1 aromatic rings. The van der Waals surface area contributed by atoms with Gasteiger partial charge >= 0.3 is 5.97 Å². The van der Waals surface area contributed by atoms with Gasteiger partial charge in [0, 0.05) is 0 Å². The van der Waals surface area contributed by atoms with Crippen molar-refractivity contribution < 1.29 is 15.0 Å². The van der Waals surface area contributed by atoms with Crippen molar-refractivity contribution in [2.24, 2.45) is 0 Å². The summed E-state index contributed by atoms with van der Waals surface area (Å²) in [4.78, 5) is 11.0. The van der Waals surface area contributed by atoms with E-state index in [1.807, 2.05) is 6.07 Å². The Labute approximate surface area is 93.4 Å². The van der Waals surface area contributed by atoms with Crippen molar-refractivity contribution in [3.05, 3.63) is 34.9 Å². The standard InChI is InChI=1S/C11H12O3S/c1-6-4-3-5-7(2)8(6)9(10(12)13)11(14)15/h3-5,9H,1-2H3,(H,12,13)(H,14,15). The lowest BCUT2D eigenvalue weighted by atomic mass is 9.91. The average Bonchev–Trinajstić information content (AvgIpc) is 2.09. The Morgan fingerprint density at radius 2 is 1.73 bits per heavy atom. The van der Waals surface area contributed by atoms with Gasteiger partial charge < -0.3 is 10.2 Å². The molecule has 1 rings (SSSR count). The molecule has 0 radical (unpaired) electrons. The molecule has 3 nitrogen and oxygen atoms in total. The number of carboxylic acid groups (broad SMARTS) is 1. The molecule has 1 atom stereocenters. The smallest absolute Gasteiger partial charge is 0.319 e. The van der Waals surface area contributed by atoms with Crippen molar-refractivity contribution >= 4 is 23.2 Å². The van der Waals surface area contributed by atoms with Crippen molar-refractivity contribution in [3.8, 4) is 0 Å². The number of thiocarbonyl (C=S) groups is 1. The molecule has 0 aliphatic heterocycles. The lowest BCUT2D eigenvalue weighted by molar-refractivity contribution is -0.137. The maximum Gasteiger partial charge on any atom is 0.319 e. The summed E-state index contributed by atoms with van der Waals surface area (Å²) in [6, 6.07) is 5.45. The molecule has 0 saturated heterocycles. The fourth-order valence-corrected chi connectivity index (χ4v) is 1.85. The number of carbonyl (C=O) groups is 1. The first-order valence-electron chi connectivity index (χ1n) is 4.47. The number of hydrogen-bond donors (Lipinski definition) is 2. The van der Waals surface area contributed by atoms with Gasteiger partial charge in [-0.15, -0.1) is 0 Å². The largest absolute Gasteiger partial charge is 0.501 e. The maximum absolute atomic E-state index is 11.0. The van der Waals surface area contributed by atoms with Gasteiger partial charge in [0.05, 0.1) is 0 Å². The van der Waals surface area contributed by atoms with Gasteiger partial charge in [-0.25, -0.2) is 0 Å². The summed E-state index contributed by atoms with van der Waals surface area (Å²) in [5.41, 5.74) is 2.22. The van der Waals surface area contributed by atoms with Crippen LogP contribution in [0.4, 0.5) is 0 Å². The minimum absolute atomic E-state index is 0.500. The molecule has 80 valence electrons. The first-order valence-corrected chi connectivity index (χ1v) is 4.87. The molecular weight excluding hydrogens is 212 g/mol. The normalized spacial score (nSPS) is 12.1. The molecule has 0 aliphatic carbocycles. The summed E-state index contributed by atoms with van der Waals surface area (Å²) >= 11 is 4.57. The van der Waals surface area contributed by atoms with Gasteiger partial charge in [0.1, 0.15) is 5.92 Å². The number of aliphatic hydroxyl groups is 1. The number of hydrogen-bond acceptors (Lipinski definition) is 2. The Hall–Kier alpha value is -1.42. The Morgan fingerprint density at radius 3 is 2.07 bits per heavy atom. The zero-order valence-corrected chi connectivity index (χ0v) is 9.34. The third-order valence-electron chi connectivity index (χ3n) is 2.32. The van der Waals surface area contributed by atoms with Gasteiger partial charge in [0.15, 0.2) is 5.05 Å². The van der Waals surface area contributed by atoms with Crippen LogP contribution >= 0.6 is 12.2 Å². The van der Waals surface area contributed by atoms with Crippen molar-refractivity contribution in [3.63, 3.8) is 0 Å². The van der Waals surface area contributed by atoms with Gasteiger partial charge in [-0.1, -0.05) is 18.2 Å². The summed E-state index contributed by atoms with van der Waals surface area (Å²) in [5.74, 6) is -2.24. The zero-order chi connectivity index (χ0) is 11.6. The van der Waals surface area contributed by atoms with Crippen molar-refractivity contribution in [1.29, 1.82) is 0 Å². The lowest BCUT2D eigenvalue weighted by Gasteiger charge is -2.15. The first kappa shape index (κ1) is 11.7. The van der Waals surface area contributed by atoms with Crippen LogP contribution in [-0.2, 0) is 4.79 Å². The van der Waals surface area contributed by atoms with Crippen LogP contribution < -0.4 is 0 Å². The zero-order valence-electron chi connectivity index (χ0n) is 8.52. The van der Waals surface area contributed by atoms with Crippen LogP contribution in [0.1, 0.15) is 22.6 Å². The molecule has 0 aliphatic rings. The predicted octanol–water partition coefficient (Wildman–Crippen LogP) is 2.36. The fourth-order valence-electron chi connectivity index (χ4n) is 1.64. The summed E-state index contributed by atoms with van der Waals surface area (Å²) in [5, 5.41) is 17.7. The predicted molar refractivity (Wildman–Crippen MR) is 61.5 cm³/mol. The Bertz CT molecular complexity index is 378. The highest BCUT2D eigenvalue weighted by Gasteiger charge is 2.27. The van der Waals surface area contributed by atoms with Crippen LogP contribution in [0, 0.1) is 13.8 Å². The van der Waals surface area contributed by atoms with Gasteiger partial charge in [0.25, 0.3) is 0 Å². The molecule has 0 heterocycles. The van der Waals surface area contributed by atoms with Crippen molar-refractivity contribution in [2.75, 3.05) is 0 Å². The Balaban J connectivity index is 3.35. The molecule has 4 heteroatoms. The molecule has 1 unspecified atom stereocenters. The SMILES string of the molecule is Cc1cccc(C)c1C(C(=O)O)C(O)=S. The highest BCUT2D eigenvalue weighted by Crippen LogP contribution is 2.24. The first-order chi connectivity index (χ1) is 6.95. The summed E-state index contributed by atoms with van der Waals surface area (Å²) in [6.07, 6.45) is 0. The van der Waals surface area contributed by atoms with E-state index in [9.17, 15) is 9.90 Å². The molecule has 15 heavy (non-hydrogen) atoms. The molecule has 0 aromatic heterocycles. The molecule has 1 aromatic carbocycles. The van der Waals surface area contributed by atoms with Crippen LogP contribution in [0.3, 0.4) is 0 Å². The minimum Gasteiger partial charge on any atom is -0.501 e. The Kier molecular flexibility index (Phi) is 3.42. The lowest BCUT2D eigenvalue weighted by Crippen LogP contribution is -2.21. The quantitative estimate of drug-likeness (QED) is 0.774. The van der Waals surface area contributed by atoms with Crippen LogP contribution in [-0.4, -0.2) is 21.2 Å². The fraction of sp³-hybridized carbons (Fsp3) is 0.273. The van der Waals surface area contributed by atoms with Crippen molar-refractivity contribution in [2.45, 2.75) is 19.8 Å². The highest BCUT2D eigenvalue weighted by atomic mass is 32.1. The number of rotatable bonds is 3. The number of aliphatic carboxylic acids is 1. The third-order valence-corrected chi connectivity index (χ3v) is 2.56. The van der Waals surface area contributed by atoms with Gasteiger partial charge in [0.2, 0.25) is 0 Å². The summed E-state index contributed by atoms with van der Waals surface area (Å²) in [7, 11) is 0. The van der Waals surface area contributed by atoms with E-state index in [-0.39, 0.29) is 0 Å². The number of aryl methyl sites for hydroxylation is 2. The van der Waals surface area contributed by atoms with E-state index < -0.39 is 16.9 Å². The van der Waals surface area contributed by atoms with E-state index in [0.717, 1.165) is 11.1 Å². The molecule has 0 bridgehead atoms. The van der Waals surface area contributed by atoms with E-state index in [4.69, 9.17) is 5.11 Å². The number of aliphatic hydroxyl groups excluding tert-OH is 1. The van der Waals surface area contributed by atoms with Crippen molar-refractivity contribution in [1.82, 2.24) is 0 Å².